The molecular formula is C16H29BrO4. The van der Waals surface area contributed by atoms with E-state index >= 15 is 0 Å². The zero-order chi connectivity index (χ0) is 17.1. The Morgan fingerprint density at radius 3 is 1.33 bits per heavy atom. The largest absolute Gasteiger partial charge is 0.464 e. The molecule has 0 rings (SSSR count). The third-order valence-electron chi connectivity index (χ3n) is 2.66. The lowest BCUT2D eigenvalue weighted by molar-refractivity contribution is -0.163. The molecule has 0 bridgehead atoms. The summed E-state index contributed by atoms with van der Waals surface area (Å²) >= 11 is 3.27. The molecule has 4 nitrogen and oxygen atoms in total. The molecule has 0 aliphatic heterocycles. The van der Waals surface area contributed by atoms with Gasteiger partial charge in [-0.05, 0) is 16.7 Å². The van der Waals surface area contributed by atoms with Gasteiger partial charge < -0.3 is 9.47 Å². The molecular weight excluding hydrogens is 336 g/mol. The summed E-state index contributed by atoms with van der Waals surface area (Å²) in [6.07, 6.45) is 0. The molecule has 0 aromatic heterocycles. The van der Waals surface area contributed by atoms with E-state index in [9.17, 15) is 9.59 Å². The predicted octanol–water partition coefficient (Wildman–Crippen LogP) is 3.95. The topological polar surface area (TPSA) is 52.6 Å². The Bertz CT molecular complexity index is 345. The molecule has 0 saturated carbocycles. The summed E-state index contributed by atoms with van der Waals surface area (Å²) in [5, 5.41) is 0. The summed E-state index contributed by atoms with van der Waals surface area (Å²) in [6, 6.07) is 0. The Balaban J connectivity index is 4.98. The van der Waals surface area contributed by atoms with Crippen molar-refractivity contribution in [2.75, 3.05) is 13.2 Å². The van der Waals surface area contributed by atoms with Crippen LogP contribution in [-0.4, -0.2) is 29.5 Å². The Hall–Kier alpha value is -0.580. The molecule has 0 atom stereocenters. The molecule has 0 aromatic rings. The molecule has 0 heterocycles. The van der Waals surface area contributed by atoms with Gasteiger partial charge in [0.25, 0.3) is 0 Å². The van der Waals surface area contributed by atoms with Crippen LogP contribution in [-0.2, 0) is 19.1 Å². The minimum Gasteiger partial charge on any atom is -0.464 e. The number of hydrogen-bond donors (Lipinski definition) is 0. The standard InChI is InChI=1S/C16H29BrO4/c1-11(2)16(17,12(18)20-9-14(3,4)5)13(19)21-10-15(6,7)8/h11H,9-10H2,1-8H3. The summed E-state index contributed by atoms with van der Waals surface area (Å²) in [4.78, 5) is 24.7. The van der Waals surface area contributed by atoms with Crippen molar-refractivity contribution in [1.82, 2.24) is 0 Å². The maximum absolute atomic E-state index is 12.3. The lowest BCUT2D eigenvalue weighted by Crippen LogP contribution is -2.48. The first kappa shape index (κ1) is 20.4. The van der Waals surface area contributed by atoms with Crippen LogP contribution in [0.5, 0.6) is 0 Å². The van der Waals surface area contributed by atoms with Crippen molar-refractivity contribution in [1.29, 1.82) is 0 Å². The highest BCUT2D eigenvalue weighted by Crippen LogP contribution is 2.32. The Kier molecular flexibility index (Phi) is 6.92. The van der Waals surface area contributed by atoms with Gasteiger partial charge in [0.05, 0.1) is 13.2 Å². The maximum atomic E-state index is 12.3. The molecule has 0 unspecified atom stereocenters. The number of esters is 2. The van der Waals surface area contributed by atoms with Gasteiger partial charge in [0.2, 0.25) is 4.32 Å². The van der Waals surface area contributed by atoms with Crippen LogP contribution in [0.2, 0.25) is 0 Å². The maximum Gasteiger partial charge on any atom is 0.334 e. The minimum atomic E-state index is -1.45. The summed E-state index contributed by atoms with van der Waals surface area (Å²) in [6.45, 7) is 15.8. The fourth-order valence-corrected chi connectivity index (χ4v) is 1.56. The second-order valence-corrected chi connectivity index (χ2v) is 9.39. The number of carbonyl (C=O) groups excluding carboxylic acids is 2. The number of hydrogen-bond acceptors (Lipinski definition) is 4. The van der Waals surface area contributed by atoms with Crippen molar-refractivity contribution in [2.24, 2.45) is 16.7 Å². The van der Waals surface area contributed by atoms with E-state index in [0.717, 1.165) is 0 Å². The molecule has 0 radical (unpaired) electrons. The van der Waals surface area contributed by atoms with E-state index < -0.39 is 16.3 Å². The third kappa shape index (κ3) is 6.81. The smallest absolute Gasteiger partial charge is 0.334 e. The van der Waals surface area contributed by atoms with Gasteiger partial charge in [0.15, 0.2) is 0 Å². The van der Waals surface area contributed by atoms with E-state index in [0.29, 0.717) is 0 Å². The Morgan fingerprint density at radius 2 is 1.14 bits per heavy atom. The van der Waals surface area contributed by atoms with E-state index in [1.807, 2.05) is 41.5 Å². The molecule has 124 valence electrons. The van der Waals surface area contributed by atoms with Crippen LogP contribution in [0, 0.1) is 16.7 Å². The normalized spacial score (nSPS) is 13.2. The van der Waals surface area contributed by atoms with Gasteiger partial charge in [-0.15, -0.1) is 0 Å². The van der Waals surface area contributed by atoms with Gasteiger partial charge in [0, 0.05) is 0 Å². The fraction of sp³-hybridized carbons (Fsp3) is 0.875. The van der Waals surface area contributed by atoms with Gasteiger partial charge >= 0.3 is 11.9 Å². The van der Waals surface area contributed by atoms with E-state index in [4.69, 9.17) is 9.47 Å². The zero-order valence-electron chi connectivity index (χ0n) is 14.5. The average Bonchev–Trinajstić information content (AvgIpc) is 2.29. The SMILES string of the molecule is CC(C)C(Br)(C(=O)OCC(C)(C)C)C(=O)OCC(C)(C)C. The second kappa shape index (κ2) is 7.12. The number of halogens is 1. The zero-order valence-corrected chi connectivity index (χ0v) is 16.1. The highest BCUT2D eigenvalue weighted by molar-refractivity contribution is 9.10. The fourth-order valence-electron chi connectivity index (χ4n) is 1.33. The Labute approximate surface area is 137 Å². The quantitative estimate of drug-likeness (QED) is 0.421. The summed E-state index contributed by atoms with van der Waals surface area (Å²) in [5.41, 5.74) is -0.314. The lowest BCUT2D eigenvalue weighted by atomic mass is 9.94. The third-order valence-corrected chi connectivity index (χ3v) is 4.23. The number of alkyl halides is 1. The highest BCUT2D eigenvalue weighted by Gasteiger charge is 2.50. The van der Waals surface area contributed by atoms with Gasteiger partial charge in [0.1, 0.15) is 0 Å². The van der Waals surface area contributed by atoms with Gasteiger partial charge in [-0.1, -0.05) is 71.3 Å². The molecule has 0 spiro atoms. The van der Waals surface area contributed by atoms with Crippen LogP contribution in [0.1, 0.15) is 55.4 Å². The van der Waals surface area contributed by atoms with Gasteiger partial charge in [-0.3, -0.25) is 0 Å². The van der Waals surface area contributed by atoms with E-state index in [-0.39, 0.29) is 30.0 Å². The van der Waals surface area contributed by atoms with Crippen LogP contribution in [0.25, 0.3) is 0 Å². The van der Waals surface area contributed by atoms with Crippen molar-refractivity contribution in [2.45, 2.75) is 59.7 Å². The number of carbonyl (C=O) groups is 2. The van der Waals surface area contributed by atoms with Crippen LogP contribution < -0.4 is 0 Å². The summed E-state index contributed by atoms with van der Waals surface area (Å²) in [5.74, 6) is -1.46. The first-order valence-electron chi connectivity index (χ1n) is 7.23. The van der Waals surface area contributed by atoms with Crippen molar-refractivity contribution in [3.05, 3.63) is 0 Å². The molecule has 0 aliphatic carbocycles. The van der Waals surface area contributed by atoms with E-state index in [1.54, 1.807) is 13.8 Å². The minimum absolute atomic E-state index is 0.157. The van der Waals surface area contributed by atoms with Crippen LogP contribution in [0.4, 0.5) is 0 Å². The number of rotatable bonds is 5. The molecule has 0 aromatic carbocycles. The van der Waals surface area contributed by atoms with Crippen molar-refractivity contribution >= 4 is 27.9 Å². The molecule has 0 saturated heterocycles. The van der Waals surface area contributed by atoms with Gasteiger partial charge in [-0.25, -0.2) is 9.59 Å². The van der Waals surface area contributed by atoms with Gasteiger partial charge in [-0.2, -0.15) is 0 Å². The van der Waals surface area contributed by atoms with Crippen molar-refractivity contribution < 1.29 is 19.1 Å². The highest BCUT2D eigenvalue weighted by atomic mass is 79.9. The van der Waals surface area contributed by atoms with Crippen LogP contribution in [0.15, 0.2) is 0 Å². The van der Waals surface area contributed by atoms with Crippen molar-refractivity contribution in [3.8, 4) is 0 Å². The number of ether oxygens (including phenoxy) is 2. The predicted molar refractivity (Wildman–Crippen MR) is 87.3 cm³/mol. The second-order valence-electron chi connectivity index (χ2n) is 8.14. The van der Waals surface area contributed by atoms with Crippen molar-refractivity contribution in [3.63, 3.8) is 0 Å². The molecule has 0 aliphatic rings. The monoisotopic (exact) mass is 364 g/mol. The first-order chi connectivity index (χ1) is 9.20. The average molecular weight is 365 g/mol. The molecule has 21 heavy (non-hydrogen) atoms. The summed E-state index contributed by atoms with van der Waals surface area (Å²) < 4.78 is 9.14. The van der Waals surface area contributed by atoms with E-state index in [2.05, 4.69) is 15.9 Å². The lowest BCUT2D eigenvalue weighted by Gasteiger charge is -2.30. The molecule has 0 fully saturated rings. The summed E-state index contributed by atoms with van der Waals surface area (Å²) in [7, 11) is 0. The Morgan fingerprint density at radius 1 is 0.857 bits per heavy atom. The van der Waals surface area contributed by atoms with Crippen LogP contribution in [0.3, 0.4) is 0 Å². The molecule has 0 N–H and O–H groups in total. The first-order valence-corrected chi connectivity index (χ1v) is 8.03. The molecule has 5 heteroatoms. The van der Waals surface area contributed by atoms with E-state index in [1.165, 1.54) is 0 Å². The van der Waals surface area contributed by atoms with Crippen LogP contribution >= 0.6 is 15.9 Å². The molecule has 0 amide bonds.